The first kappa shape index (κ1) is 14.8. The zero-order valence-electron chi connectivity index (χ0n) is 11.2. The van der Waals surface area contributed by atoms with Gasteiger partial charge in [-0.15, -0.1) is 0 Å². The van der Waals surface area contributed by atoms with Crippen LogP contribution in [0.5, 0.6) is 0 Å². The minimum absolute atomic E-state index is 0.0803. The summed E-state index contributed by atoms with van der Waals surface area (Å²) in [5.74, 6) is 0. The summed E-state index contributed by atoms with van der Waals surface area (Å²) in [5.41, 5.74) is 5.65. The van der Waals surface area contributed by atoms with Crippen molar-refractivity contribution in [2.24, 2.45) is 11.1 Å². The van der Waals surface area contributed by atoms with Crippen molar-refractivity contribution in [3.05, 3.63) is 0 Å². The topological polar surface area (TPSA) is 47.7 Å². The van der Waals surface area contributed by atoms with E-state index in [-0.39, 0.29) is 17.6 Å². The van der Waals surface area contributed by atoms with E-state index in [1.54, 1.807) is 14.2 Å². The van der Waals surface area contributed by atoms with E-state index < -0.39 is 0 Å². The van der Waals surface area contributed by atoms with Crippen LogP contribution < -0.4 is 5.73 Å². The predicted molar refractivity (Wildman–Crippen MR) is 73.2 cm³/mol. The molecule has 1 rings (SSSR count). The average Bonchev–Trinajstić information content (AvgIpc) is 2.68. The summed E-state index contributed by atoms with van der Waals surface area (Å²) in [6.45, 7) is 6.99. The van der Waals surface area contributed by atoms with E-state index in [4.69, 9.17) is 27.4 Å². The van der Waals surface area contributed by atoms with Crippen molar-refractivity contribution in [3.63, 3.8) is 0 Å². The fraction of sp³-hybridized carbons (Fsp3) is 0.917. The Hall–Kier alpha value is -0.230. The highest BCUT2D eigenvalue weighted by atomic mass is 32.1. The van der Waals surface area contributed by atoms with Crippen molar-refractivity contribution in [1.82, 2.24) is 4.90 Å². The molecule has 1 saturated heterocycles. The molecular weight excluding hydrogens is 236 g/mol. The third-order valence-electron chi connectivity index (χ3n) is 3.62. The Kier molecular flexibility index (Phi) is 5.31. The van der Waals surface area contributed by atoms with Gasteiger partial charge in [-0.05, 0) is 13.0 Å². The molecule has 0 bridgehead atoms. The van der Waals surface area contributed by atoms with Gasteiger partial charge in [-0.25, -0.2) is 0 Å². The third-order valence-corrected chi connectivity index (χ3v) is 4.17. The van der Waals surface area contributed by atoms with Crippen molar-refractivity contribution < 1.29 is 9.47 Å². The first-order valence-corrected chi connectivity index (χ1v) is 6.39. The van der Waals surface area contributed by atoms with Crippen LogP contribution in [0.25, 0.3) is 0 Å². The van der Waals surface area contributed by atoms with E-state index in [2.05, 4.69) is 18.7 Å². The molecule has 0 aromatic rings. The summed E-state index contributed by atoms with van der Waals surface area (Å²) >= 11 is 5.07. The van der Waals surface area contributed by atoms with Crippen LogP contribution in [0.15, 0.2) is 0 Å². The molecule has 1 fully saturated rings. The number of nitrogens with zero attached hydrogens (tertiary/aromatic N) is 1. The zero-order valence-corrected chi connectivity index (χ0v) is 12.0. The van der Waals surface area contributed by atoms with Crippen LogP contribution in [0.4, 0.5) is 0 Å². The number of ether oxygens (including phenoxy) is 2. The molecule has 0 saturated carbocycles. The number of methoxy groups -OCH3 is 2. The lowest BCUT2D eigenvalue weighted by molar-refractivity contribution is -0.00461. The van der Waals surface area contributed by atoms with Gasteiger partial charge in [-0.2, -0.15) is 0 Å². The van der Waals surface area contributed by atoms with E-state index in [1.807, 2.05) is 0 Å². The number of rotatable bonds is 6. The second-order valence-electron chi connectivity index (χ2n) is 5.31. The van der Waals surface area contributed by atoms with Gasteiger partial charge in [-0.3, -0.25) is 4.90 Å². The summed E-state index contributed by atoms with van der Waals surface area (Å²) in [6, 6.07) is 0. The van der Waals surface area contributed by atoms with Gasteiger partial charge in [0.15, 0.2) is 0 Å². The van der Waals surface area contributed by atoms with Gasteiger partial charge >= 0.3 is 0 Å². The maximum atomic E-state index is 5.73. The van der Waals surface area contributed by atoms with Gasteiger partial charge in [0.1, 0.15) is 0 Å². The first-order chi connectivity index (χ1) is 7.90. The summed E-state index contributed by atoms with van der Waals surface area (Å²) in [6.07, 6.45) is 1.32. The maximum absolute atomic E-state index is 5.73. The predicted octanol–water partition coefficient (Wildman–Crippen LogP) is 1.03. The van der Waals surface area contributed by atoms with Crippen LogP contribution in [-0.4, -0.2) is 56.0 Å². The number of thiocarbonyl (C=S) groups is 1. The van der Waals surface area contributed by atoms with Gasteiger partial charge in [0.2, 0.25) is 0 Å². The molecule has 1 aliphatic heterocycles. The standard InChI is InChI=1S/C12H24N2O2S/c1-12(2,11(13)17)5-6-14-7-9(15-3)10(8-14)16-4/h9-10H,5-8H2,1-4H3,(H2,13,17). The molecule has 100 valence electrons. The first-order valence-electron chi connectivity index (χ1n) is 5.98. The molecule has 2 unspecified atom stereocenters. The minimum atomic E-state index is -0.0803. The smallest absolute Gasteiger partial charge is 0.0971 e. The molecule has 0 spiro atoms. The SMILES string of the molecule is COC1CN(CCC(C)(C)C(N)=S)CC1OC. The van der Waals surface area contributed by atoms with E-state index in [9.17, 15) is 0 Å². The molecule has 17 heavy (non-hydrogen) atoms. The molecule has 0 radical (unpaired) electrons. The molecule has 0 aliphatic carbocycles. The van der Waals surface area contributed by atoms with Gasteiger partial charge in [-0.1, -0.05) is 26.1 Å². The number of likely N-dealkylation sites (tertiary alicyclic amines) is 1. The highest BCUT2D eigenvalue weighted by molar-refractivity contribution is 7.80. The Morgan fingerprint density at radius 1 is 1.29 bits per heavy atom. The quantitative estimate of drug-likeness (QED) is 0.723. The van der Waals surface area contributed by atoms with Crippen molar-refractivity contribution in [3.8, 4) is 0 Å². The summed E-state index contributed by atoms with van der Waals surface area (Å²) in [5, 5.41) is 0. The van der Waals surface area contributed by atoms with Crippen molar-refractivity contribution in [2.75, 3.05) is 33.9 Å². The Labute approximate surface area is 109 Å². The van der Waals surface area contributed by atoms with Crippen LogP contribution in [-0.2, 0) is 9.47 Å². The molecule has 0 aromatic carbocycles. The number of hydrogen-bond donors (Lipinski definition) is 1. The summed E-state index contributed by atoms with van der Waals surface area (Å²) in [4.78, 5) is 2.94. The molecule has 4 nitrogen and oxygen atoms in total. The fourth-order valence-electron chi connectivity index (χ4n) is 2.01. The molecule has 1 heterocycles. The van der Waals surface area contributed by atoms with Gasteiger partial charge in [0, 0.05) is 32.7 Å². The Morgan fingerprint density at radius 2 is 1.76 bits per heavy atom. The summed E-state index contributed by atoms with van der Waals surface area (Å²) in [7, 11) is 3.47. The largest absolute Gasteiger partial charge is 0.393 e. The van der Waals surface area contributed by atoms with Crippen LogP contribution in [0.2, 0.25) is 0 Å². The minimum Gasteiger partial charge on any atom is -0.393 e. The maximum Gasteiger partial charge on any atom is 0.0971 e. The van der Waals surface area contributed by atoms with Crippen molar-refractivity contribution in [1.29, 1.82) is 0 Å². The highest BCUT2D eigenvalue weighted by Gasteiger charge is 2.33. The van der Waals surface area contributed by atoms with Crippen LogP contribution >= 0.6 is 12.2 Å². The van der Waals surface area contributed by atoms with Crippen molar-refractivity contribution in [2.45, 2.75) is 32.5 Å². The average molecular weight is 260 g/mol. The summed E-state index contributed by atoms with van der Waals surface area (Å²) < 4.78 is 10.8. The van der Waals surface area contributed by atoms with Crippen LogP contribution in [0, 0.1) is 5.41 Å². The molecule has 5 heteroatoms. The van der Waals surface area contributed by atoms with E-state index in [0.717, 1.165) is 26.1 Å². The lowest BCUT2D eigenvalue weighted by atomic mass is 9.89. The molecule has 0 aromatic heterocycles. The Morgan fingerprint density at radius 3 is 2.12 bits per heavy atom. The van der Waals surface area contributed by atoms with E-state index in [0.29, 0.717) is 4.99 Å². The van der Waals surface area contributed by atoms with Gasteiger partial charge in [0.25, 0.3) is 0 Å². The molecule has 1 aliphatic rings. The lowest BCUT2D eigenvalue weighted by Crippen LogP contribution is -2.34. The van der Waals surface area contributed by atoms with E-state index >= 15 is 0 Å². The molecular formula is C12H24N2O2S. The van der Waals surface area contributed by atoms with Gasteiger partial charge < -0.3 is 15.2 Å². The van der Waals surface area contributed by atoms with E-state index in [1.165, 1.54) is 0 Å². The van der Waals surface area contributed by atoms with Crippen LogP contribution in [0.3, 0.4) is 0 Å². The Balaban J connectivity index is 2.42. The molecule has 0 amide bonds. The van der Waals surface area contributed by atoms with Crippen molar-refractivity contribution >= 4 is 17.2 Å². The monoisotopic (exact) mass is 260 g/mol. The second kappa shape index (κ2) is 6.09. The third kappa shape index (κ3) is 3.88. The molecule has 2 N–H and O–H groups in total. The fourth-order valence-corrected chi connectivity index (χ4v) is 2.12. The van der Waals surface area contributed by atoms with Crippen LogP contribution in [0.1, 0.15) is 20.3 Å². The normalized spacial score (nSPS) is 26.4. The second-order valence-corrected chi connectivity index (χ2v) is 5.75. The molecule has 2 atom stereocenters. The number of hydrogen-bond acceptors (Lipinski definition) is 4. The highest BCUT2D eigenvalue weighted by Crippen LogP contribution is 2.23. The Bertz CT molecular complexity index is 259. The number of nitrogens with two attached hydrogens (primary N) is 1. The zero-order chi connectivity index (χ0) is 13.1. The van der Waals surface area contributed by atoms with Gasteiger partial charge in [0.05, 0.1) is 17.2 Å². The lowest BCUT2D eigenvalue weighted by Gasteiger charge is -2.26.